The van der Waals surface area contributed by atoms with Gasteiger partial charge in [0.2, 0.25) is 0 Å². The first kappa shape index (κ1) is 19.0. The summed E-state index contributed by atoms with van der Waals surface area (Å²) in [7, 11) is 0. The second kappa shape index (κ2) is 9.84. The lowest BCUT2D eigenvalue weighted by molar-refractivity contribution is -0.123. The van der Waals surface area contributed by atoms with Gasteiger partial charge in [-0.1, -0.05) is 42.0 Å². The third-order valence-electron chi connectivity index (χ3n) is 3.43. The first-order valence-corrected chi connectivity index (χ1v) is 8.32. The molecule has 134 valence electrons. The Bertz CT molecular complexity index is 791. The van der Waals surface area contributed by atoms with Crippen LogP contribution in [0.25, 0.3) is 12.2 Å². The molecule has 2 aromatic carbocycles. The Balaban J connectivity index is 1.78. The maximum absolute atomic E-state index is 11.7. The van der Waals surface area contributed by atoms with E-state index in [1.165, 1.54) is 12.2 Å². The molecule has 0 aliphatic rings. The van der Waals surface area contributed by atoms with Crippen LogP contribution < -0.4 is 15.6 Å². The number of nitrogens with one attached hydrogen (secondary N) is 2. The molecule has 0 aromatic heterocycles. The molecule has 0 bridgehead atoms. The third-order valence-corrected chi connectivity index (χ3v) is 3.43. The van der Waals surface area contributed by atoms with E-state index in [9.17, 15) is 9.59 Å². The predicted octanol–water partition coefficient (Wildman–Crippen LogP) is 3.27. The smallest absolute Gasteiger partial charge is 0.262 e. The number of carbonyl (C=O) groups is 2. The minimum absolute atomic E-state index is 0.409. The Labute approximate surface area is 153 Å². The van der Waals surface area contributed by atoms with Gasteiger partial charge < -0.3 is 4.74 Å². The first-order chi connectivity index (χ1) is 12.6. The number of hydrogen-bond donors (Lipinski definition) is 2. The van der Waals surface area contributed by atoms with Gasteiger partial charge in [0.1, 0.15) is 5.75 Å². The van der Waals surface area contributed by atoms with Gasteiger partial charge in [0.05, 0.1) is 6.61 Å². The summed E-state index contributed by atoms with van der Waals surface area (Å²) in [6.45, 7) is 4.52. The number of rotatable bonds is 6. The van der Waals surface area contributed by atoms with Crippen LogP contribution in [-0.4, -0.2) is 18.4 Å². The Morgan fingerprint density at radius 1 is 0.846 bits per heavy atom. The highest BCUT2D eigenvalue weighted by Crippen LogP contribution is 2.12. The van der Waals surface area contributed by atoms with Crippen molar-refractivity contribution in [1.29, 1.82) is 0 Å². The monoisotopic (exact) mass is 350 g/mol. The summed E-state index contributed by atoms with van der Waals surface area (Å²) < 4.78 is 5.35. The van der Waals surface area contributed by atoms with Crippen LogP contribution in [0.4, 0.5) is 0 Å². The summed E-state index contributed by atoms with van der Waals surface area (Å²) >= 11 is 0. The topological polar surface area (TPSA) is 67.4 Å². The molecule has 2 amide bonds. The van der Waals surface area contributed by atoms with Gasteiger partial charge in [-0.2, -0.15) is 0 Å². The summed E-state index contributed by atoms with van der Waals surface area (Å²) in [5.74, 6) is -0.0499. The van der Waals surface area contributed by atoms with Crippen molar-refractivity contribution in [1.82, 2.24) is 10.9 Å². The molecule has 0 saturated carbocycles. The molecule has 5 nitrogen and oxygen atoms in total. The van der Waals surface area contributed by atoms with Gasteiger partial charge in [-0.05, 0) is 49.3 Å². The van der Waals surface area contributed by atoms with E-state index in [0.717, 1.165) is 22.4 Å². The molecule has 0 atom stereocenters. The number of hydrogen-bond acceptors (Lipinski definition) is 3. The zero-order chi connectivity index (χ0) is 18.8. The number of ether oxygens (including phenoxy) is 1. The minimum Gasteiger partial charge on any atom is -0.494 e. The highest BCUT2D eigenvalue weighted by molar-refractivity contribution is 5.96. The van der Waals surface area contributed by atoms with E-state index in [1.807, 2.05) is 62.4 Å². The molecule has 0 heterocycles. The fourth-order valence-electron chi connectivity index (χ4n) is 2.07. The molecular formula is C21H22N2O3. The second-order valence-corrected chi connectivity index (χ2v) is 5.56. The van der Waals surface area contributed by atoms with Crippen molar-refractivity contribution in [3.63, 3.8) is 0 Å². The molecule has 0 spiro atoms. The van der Waals surface area contributed by atoms with Crippen molar-refractivity contribution in [3.05, 3.63) is 77.4 Å². The Hall–Kier alpha value is -3.34. The summed E-state index contributed by atoms with van der Waals surface area (Å²) in [5, 5.41) is 0. The van der Waals surface area contributed by atoms with Crippen molar-refractivity contribution in [3.8, 4) is 5.75 Å². The average molecular weight is 350 g/mol. The minimum atomic E-state index is -0.420. The van der Waals surface area contributed by atoms with E-state index in [4.69, 9.17) is 4.74 Å². The largest absolute Gasteiger partial charge is 0.494 e. The molecule has 0 aliphatic heterocycles. The van der Waals surface area contributed by atoms with Crippen LogP contribution in [0.2, 0.25) is 0 Å². The van der Waals surface area contributed by atoms with Gasteiger partial charge in [0.25, 0.3) is 11.8 Å². The molecule has 2 rings (SSSR count). The van der Waals surface area contributed by atoms with Crippen molar-refractivity contribution >= 4 is 24.0 Å². The number of amides is 2. The van der Waals surface area contributed by atoms with Gasteiger partial charge in [-0.25, -0.2) is 0 Å². The van der Waals surface area contributed by atoms with Crippen molar-refractivity contribution in [2.24, 2.45) is 0 Å². The maximum Gasteiger partial charge on any atom is 0.262 e. The summed E-state index contributed by atoms with van der Waals surface area (Å²) in [4.78, 5) is 23.5. The quantitative estimate of drug-likeness (QED) is 0.621. The van der Waals surface area contributed by atoms with Crippen LogP contribution in [0, 0.1) is 6.92 Å². The van der Waals surface area contributed by atoms with Crippen LogP contribution in [0.15, 0.2) is 60.7 Å². The zero-order valence-corrected chi connectivity index (χ0v) is 14.9. The summed E-state index contributed by atoms with van der Waals surface area (Å²) in [6, 6.07) is 15.1. The molecule has 2 aromatic rings. The van der Waals surface area contributed by atoms with E-state index in [1.54, 1.807) is 12.2 Å². The van der Waals surface area contributed by atoms with Crippen molar-refractivity contribution in [2.45, 2.75) is 13.8 Å². The molecule has 2 N–H and O–H groups in total. The van der Waals surface area contributed by atoms with E-state index >= 15 is 0 Å². The van der Waals surface area contributed by atoms with Crippen LogP contribution in [-0.2, 0) is 9.59 Å². The number of aryl methyl sites for hydroxylation is 1. The molecule has 26 heavy (non-hydrogen) atoms. The standard InChI is InChI=1S/C21H22N2O3/c1-3-26-19-12-8-18(9-13-19)11-15-21(25)23-22-20(24)14-10-17-6-4-16(2)5-7-17/h4-15H,3H2,1-2H3,(H,22,24)(H,23,25)/b14-10+,15-11+. The van der Waals surface area contributed by atoms with Gasteiger partial charge >= 0.3 is 0 Å². The lowest BCUT2D eigenvalue weighted by atomic mass is 10.1. The lowest BCUT2D eigenvalue weighted by Crippen LogP contribution is -2.39. The number of benzene rings is 2. The van der Waals surface area contributed by atoms with Gasteiger partial charge in [0, 0.05) is 12.2 Å². The Morgan fingerprint density at radius 2 is 1.31 bits per heavy atom. The fraction of sp³-hybridized carbons (Fsp3) is 0.143. The van der Waals surface area contributed by atoms with Crippen LogP contribution in [0.1, 0.15) is 23.6 Å². The Kier molecular flexibility index (Phi) is 7.18. The molecule has 0 unspecified atom stereocenters. The van der Waals surface area contributed by atoms with Gasteiger partial charge in [-0.15, -0.1) is 0 Å². The molecule has 0 aliphatic carbocycles. The second-order valence-electron chi connectivity index (χ2n) is 5.56. The third kappa shape index (κ3) is 6.65. The first-order valence-electron chi connectivity index (χ1n) is 8.32. The number of carbonyl (C=O) groups excluding carboxylic acids is 2. The van der Waals surface area contributed by atoms with Gasteiger partial charge in [-0.3, -0.25) is 20.4 Å². The number of hydrazine groups is 1. The average Bonchev–Trinajstić information content (AvgIpc) is 2.65. The normalized spacial score (nSPS) is 10.8. The lowest BCUT2D eigenvalue weighted by Gasteiger charge is -2.03. The molecule has 5 heteroatoms. The highest BCUT2D eigenvalue weighted by atomic mass is 16.5. The van der Waals surface area contributed by atoms with Crippen molar-refractivity contribution < 1.29 is 14.3 Å². The molecule has 0 saturated heterocycles. The summed E-state index contributed by atoms with van der Waals surface area (Å²) in [5.41, 5.74) is 7.57. The Morgan fingerprint density at radius 3 is 1.77 bits per heavy atom. The highest BCUT2D eigenvalue weighted by Gasteiger charge is 1.99. The summed E-state index contributed by atoms with van der Waals surface area (Å²) in [6.07, 6.45) is 6.04. The predicted molar refractivity (Wildman–Crippen MR) is 103 cm³/mol. The van der Waals surface area contributed by atoms with Crippen molar-refractivity contribution in [2.75, 3.05) is 6.61 Å². The van der Waals surface area contributed by atoms with E-state index < -0.39 is 11.8 Å². The fourth-order valence-corrected chi connectivity index (χ4v) is 2.07. The molecular weight excluding hydrogens is 328 g/mol. The maximum atomic E-state index is 11.7. The molecule has 0 radical (unpaired) electrons. The molecule has 0 fully saturated rings. The van der Waals surface area contributed by atoms with Crippen LogP contribution in [0.3, 0.4) is 0 Å². The van der Waals surface area contributed by atoms with E-state index in [2.05, 4.69) is 10.9 Å². The van der Waals surface area contributed by atoms with E-state index in [-0.39, 0.29) is 0 Å². The van der Waals surface area contributed by atoms with Crippen LogP contribution >= 0.6 is 0 Å². The van der Waals surface area contributed by atoms with Gasteiger partial charge in [0.15, 0.2) is 0 Å². The zero-order valence-electron chi connectivity index (χ0n) is 14.9. The van der Waals surface area contributed by atoms with E-state index in [0.29, 0.717) is 6.61 Å². The SMILES string of the molecule is CCOc1ccc(/C=C/C(=O)NNC(=O)/C=C/c2ccc(C)cc2)cc1. The van der Waals surface area contributed by atoms with Crippen LogP contribution in [0.5, 0.6) is 5.75 Å².